The van der Waals surface area contributed by atoms with Crippen LogP contribution >= 0.6 is 11.3 Å². The van der Waals surface area contributed by atoms with Crippen molar-refractivity contribution in [2.45, 2.75) is 26.3 Å². The third-order valence-corrected chi connectivity index (χ3v) is 5.41. The Morgan fingerprint density at radius 1 is 1.12 bits per heavy atom. The van der Waals surface area contributed by atoms with Gasteiger partial charge in [0.05, 0.1) is 6.04 Å². The summed E-state index contributed by atoms with van der Waals surface area (Å²) in [6, 6.07) is 18.4. The average Bonchev–Trinajstić information content (AvgIpc) is 3.17. The van der Waals surface area contributed by atoms with Gasteiger partial charge in [0.1, 0.15) is 10.7 Å². The number of amides is 1. The lowest BCUT2D eigenvalue weighted by Crippen LogP contribution is -2.29. The lowest BCUT2D eigenvalue weighted by atomic mass is 10.1. The van der Waals surface area contributed by atoms with Crippen LogP contribution in [0.15, 0.2) is 60.0 Å². The van der Waals surface area contributed by atoms with Gasteiger partial charge >= 0.3 is 0 Å². The van der Waals surface area contributed by atoms with E-state index >= 15 is 0 Å². The zero-order valence-corrected chi connectivity index (χ0v) is 15.6. The number of benzene rings is 2. The molecule has 1 atom stereocenters. The number of hydrogen-bond donors (Lipinski definition) is 0. The monoisotopic (exact) mass is 350 g/mol. The van der Waals surface area contributed by atoms with Gasteiger partial charge in [-0.2, -0.15) is 0 Å². The first-order valence-electron chi connectivity index (χ1n) is 8.47. The van der Waals surface area contributed by atoms with Gasteiger partial charge in [-0.25, -0.2) is 4.98 Å². The Bertz CT molecular complexity index is 840. The molecule has 3 rings (SSSR count). The Hall–Kier alpha value is -2.46. The highest BCUT2D eigenvalue weighted by Crippen LogP contribution is 2.26. The van der Waals surface area contributed by atoms with Gasteiger partial charge in [0.2, 0.25) is 0 Å². The van der Waals surface area contributed by atoms with Crippen molar-refractivity contribution in [3.05, 3.63) is 76.8 Å². The summed E-state index contributed by atoms with van der Waals surface area (Å²) in [5.41, 5.74) is 3.97. The number of aromatic nitrogens is 1. The molecule has 0 aliphatic rings. The Morgan fingerprint density at radius 3 is 2.44 bits per heavy atom. The van der Waals surface area contributed by atoms with Crippen LogP contribution in [0, 0.1) is 0 Å². The summed E-state index contributed by atoms with van der Waals surface area (Å²) in [6.45, 7) is 4.17. The van der Waals surface area contributed by atoms with Crippen molar-refractivity contribution >= 4 is 17.2 Å². The fourth-order valence-electron chi connectivity index (χ4n) is 2.70. The molecule has 1 heterocycles. The summed E-state index contributed by atoms with van der Waals surface area (Å²) in [5, 5.41) is 2.73. The number of aryl methyl sites for hydroxylation is 1. The molecule has 25 heavy (non-hydrogen) atoms. The van der Waals surface area contributed by atoms with Crippen molar-refractivity contribution in [2.24, 2.45) is 0 Å². The summed E-state index contributed by atoms with van der Waals surface area (Å²) in [5.74, 6) is -0.0518. The van der Waals surface area contributed by atoms with Crippen molar-refractivity contribution in [3.63, 3.8) is 0 Å². The molecule has 3 nitrogen and oxygen atoms in total. The zero-order valence-electron chi connectivity index (χ0n) is 14.8. The molecule has 0 unspecified atom stereocenters. The van der Waals surface area contributed by atoms with E-state index in [0.717, 1.165) is 22.6 Å². The molecule has 3 aromatic rings. The Morgan fingerprint density at radius 2 is 1.80 bits per heavy atom. The number of carbonyl (C=O) groups is 1. The highest BCUT2D eigenvalue weighted by molar-refractivity contribution is 7.13. The standard InChI is InChI=1S/C21H22N2OS/c1-4-16-10-12-18(13-11-16)20-22-19(14-25-20)21(24)23(3)15(2)17-8-6-5-7-9-17/h5-15H,4H2,1-3H3/t15-/m0/s1. The first-order chi connectivity index (χ1) is 12.1. The molecule has 2 aromatic carbocycles. The van der Waals surface area contributed by atoms with Gasteiger partial charge in [-0.05, 0) is 24.5 Å². The number of nitrogens with zero attached hydrogens (tertiary/aromatic N) is 2. The summed E-state index contributed by atoms with van der Waals surface area (Å²) in [4.78, 5) is 19.1. The van der Waals surface area contributed by atoms with Crippen LogP contribution in [0.4, 0.5) is 0 Å². The number of hydrogen-bond acceptors (Lipinski definition) is 3. The van der Waals surface area contributed by atoms with Crippen molar-refractivity contribution in [2.75, 3.05) is 7.05 Å². The maximum absolute atomic E-state index is 12.8. The second-order valence-electron chi connectivity index (χ2n) is 6.09. The summed E-state index contributed by atoms with van der Waals surface area (Å²) >= 11 is 1.51. The molecule has 0 bridgehead atoms. The first kappa shape index (κ1) is 17.4. The highest BCUT2D eigenvalue weighted by Gasteiger charge is 2.21. The van der Waals surface area contributed by atoms with Gasteiger partial charge < -0.3 is 4.90 Å². The molecule has 0 saturated heterocycles. The van der Waals surface area contributed by atoms with Crippen LogP contribution in [-0.4, -0.2) is 22.8 Å². The topological polar surface area (TPSA) is 33.2 Å². The summed E-state index contributed by atoms with van der Waals surface area (Å²) in [7, 11) is 1.83. The predicted molar refractivity (Wildman–Crippen MR) is 104 cm³/mol. The molecule has 1 amide bonds. The van der Waals surface area contributed by atoms with Crippen LogP contribution < -0.4 is 0 Å². The van der Waals surface area contributed by atoms with Crippen molar-refractivity contribution in [1.29, 1.82) is 0 Å². The van der Waals surface area contributed by atoms with Crippen LogP contribution in [0.1, 0.15) is 41.5 Å². The minimum atomic E-state index is -0.0518. The smallest absolute Gasteiger partial charge is 0.273 e. The lowest BCUT2D eigenvalue weighted by Gasteiger charge is -2.24. The van der Waals surface area contributed by atoms with Crippen LogP contribution in [-0.2, 0) is 6.42 Å². The fourth-order valence-corrected chi connectivity index (χ4v) is 3.50. The van der Waals surface area contributed by atoms with E-state index in [4.69, 9.17) is 0 Å². The Labute approximate surface area is 153 Å². The third-order valence-electron chi connectivity index (χ3n) is 4.52. The van der Waals surface area contributed by atoms with E-state index in [2.05, 4.69) is 36.2 Å². The average molecular weight is 350 g/mol. The molecule has 1 aromatic heterocycles. The summed E-state index contributed by atoms with van der Waals surface area (Å²) in [6.07, 6.45) is 1.02. The molecular weight excluding hydrogens is 328 g/mol. The molecule has 0 radical (unpaired) electrons. The van der Waals surface area contributed by atoms with Gasteiger partial charge in [-0.3, -0.25) is 4.79 Å². The normalized spacial score (nSPS) is 12.0. The van der Waals surface area contributed by atoms with Gasteiger partial charge in [0.25, 0.3) is 5.91 Å². The predicted octanol–water partition coefficient (Wildman–Crippen LogP) is 5.21. The highest BCUT2D eigenvalue weighted by atomic mass is 32.1. The quantitative estimate of drug-likeness (QED) is 0.633. The Kier molecular flexibility index (Phi) is 5.29. The van der Waals surface area contributed by atoms with Gasteiger partial charge in [0, 0.05) is 18.0 Å². The van der Waals surface area contributed by atoms with Crippen LogP contribution in [0.25, 0.3) is 10.6 Å². The summed E-state index contributed by atoms with van der Waals surface area (Å²) < 4.78 is 0. The lowest BCUT2D eigenvalue weighted by molar-refractivity contribution is 0.0737. The third kappa shape index (κ3) is 3.80. The molecular formula is C21H22N2OS. The van der Waals surface area contributed by atoms with Crippen LogP contribution in [0.3, 0.4) is 0 Å². The molecule has 0 N–H and O–H groups in total. The molecule has 0 saturated carbocycles. The first-order valence-corrected chi connectivity index (χ1v) is 9.35. The van der Waals surface area contributed by atoms with Crippen molar-refractivity contribution in [1.82, 2.24) is 9.88 Å². The van der Waals surface area contributed by atoms with Crippen molar-refractivity contribution in [3.8, 4) is 10.6 Å². The van der Waals surface area contributed by atoms with E-state index in [1.807, 2.05) is 49.7 Å². The van der Waals surface area contributed by atoms with Gasteiger partial charge in [-0.1, -0.05) is 61.5 Å². The minimum Gasteiger partial charge on any atom is -0.334 e. The zero-order chi connectivity index (χ0) is 17.8. The molecule has 0 fully saturated rings. The van der Waals surface area contributed by atoms with E-state index in [9.17, 15) is 4.79 Å². The van der Waals surface area contributed by atoms with E-state index in [1.165, 1.54) is 16.9 Å². The van der Waals surface area contributed by atoms with Crippen LogP contribution in [0.2, 0.25) is 0 Å². The molecule has 128 valence electrons. The number of carbonyl (C=O) groups excluding carboxylic acids is 1. The van der Waals surface area contributed by atoms with E-state index in [0.29, 0.717) is 5.69 Å². The maximum atomic E-state index is 12.8. The fraction of sp³-hybridized carbons (Fsp3) is 0.238. The number of rotatable bonds is 5. The van der Waals surface area contributed by atoms with E-state index < -0.39 is 0 Å². The second kappa shape index (κ2) is 7.62. The second-order valence-corrected chi connectivity index (χ2v) is 6.95. The Balaban J connectivity index is 1.77. The molecule has 4 heteroatoms. The molecule has 0 aliphatic carbocycles. The van der Waals surface area contributed by atoms with Gasteiger partial charge in [0.15, 0.2) is 0 Å². The van der Waals surface area contributed by atoms with Gasteiger partial charge in [-0.15, -0.1) is 11.3 Å². The van der Waals surface area contributed by atoms with Crippen LogP contribution in [0.5, 0.6) is 0 Å². The largest absolute Gasteiger partial charge is 0.334 e. The maximum Gasteiger partial charge on any atom is 0.273 e. The van der Waals surface area contributed by atoms with E-state index in [1.54, 1.807) is 4.90 Å². The van der Waals surface area contributed by atoms with E-state index in [-0.39, 0.29) is 11.9 Å². The SMILES string of the molecule is CCc1ccc(-c2nc(C(=O)N(C)[C@@H](C)c3ccccc3)cs2)cc1. The number of thiazole rings is 1. The molecule has 0 spiro atoms. The minimum absolute atomic E-state index is 0.00249. The molecule has 0 aliphatic heterocycles. The van der Waals surface area contributed by atoms with Crippen molar-refractivity contribution < 1.29 is 4.79 Å².